The lowest BCUT2D eigenvalue weighted by molar-refractivity contribution is -0.117. The van der Waals surface area contributed by atoms with Crippen LogP contribution in [0.3, 0.4) is 0 Å². The van der Waals surface area contributed by atoms with E-state index in [0.29, 0.717) is 42.0 Å². The van der Waals surface area contributed by atoms with Crippen LogP contribution in [0.4, 0.5) is 5.69 Å². The van der Waals surface area contributed by atoms with Crippen LogP contribution in [0.1, 0.15) is 22.0 Å². The van der Waals surface area contributed by atoms with Gasteiger partial charge in [-0.3, -0.25) is 14.5 Å². The van der Waals surface area contributed by atoms with Crippen LogP contribution in [-0.2, 0) is 14.3 Å². The van der Waals surface area contributed by atoms with E-state index in [2.05, 4.69) is 39.8 Å². The van der Waals surface area contributed by atoms with Gasteiger partial charge in [0.05, 0.1) is 43.0 Å². The van der Waals surface area contributed by atoms with E-state index in [4.69, 9.17) is 32.7 Å². The van der Waals surface area contributed by atoms with Crippen LogP contribution in [0.15, 0.2) is 66.7 Å². The van der Waals surface area contributed by atoms with E-state index in [0.717, 1.165) is 42.0 Å². The Morgan fingerprint density at radius 1 is 1.00 bits per heavy atom. The standard InChI is InChI=1S/C32H38Cl2N4O4/c1-35-32(40)26-5-3-4-25(18-26)23-6-8-24(9-7-23)31(22-37-12-16-42-17-13-37)36-20-28(39)21-38(14-15-41-2)27-10-11-29(33)30(34)19-27/h3-11,18-19,31,36H,12-17,20-22H2,1-2H3,(H,35,40). The van der Waals surface area contributed by atoms with Crippen molar-refractivity contribution in [2.45, 2.75) is 6.04 Å². The first kappa shape index (κ1) is 31.9. The Labute approximate surface area is 257 Å². The van der Waals surface area contributed by atoms with Crippen molar-refractivity contribution in [1.29, 1.82) is 0 Å². The van der Waals surface area contributed by atoms with Gasteiger partial charge in [-0.05, 0) is 47.0 Å². The highest BCUT2D eigenvalue weighted by molar-refractivity contribution is 6.42. The third kappa shape index (κ3) is 9.01. The van der Waals surface area contributed by atoms with Gasteiger partial charge in [-0.15, -0.1) is 0 Å². The molecule has 1 aliphatic heterocycles. The van der Waals surface area contributed by atoms with Crippen molar-refractivity contribution < 1.29 is 19.1 Å². The van der Waals surface area contributed by atoms with E-state index in [1.807, 2.05) is 29.2 Å². The summed E-state index contributed by atoms with van der Waals surface area (Å²) in [4.78, 5) is 29.7. The maximum atomic E-state index is 13.3. The number of amides is 1. The van der Waals surface area contributed by atoms with E-state index in [-0.39, 0.29) is 30.8 Å². The van der Waals surface area contributed by atoms with Crippen molar-refractivity contribution >= 4 is 40.6 Å². The van der Waals surface area contributed by atoms with Crippen molar-refractivity contribution in [3.63, 3.8) is 0 Å². The molecule has 1 heterocycles. The molecule has 1 unspecified atom stereocenters. The summed E-state index contributed by atoms with van der Waals surface area (Å²) in [6, 6.07) is 21.2. The number of hydrogen-bond donors (Lipinski definition) is 2. The van der Waals surface area contributed by atoms with E-state index < -0.39 is 0 Å². The number of rotatable bonds is 14. The molecule has 10 heteroatoms. The molecule has 1 saturated heterocycles. The maximum Gasteiger partial charge on any atom is 0.251 e. The smallest absolute Gasteiger partial charge is 0.251 e. The number of morpholine rings is 1. The van der Waals surface area contributed by atoms with Gasteiger partial charge in [0.2, 0.25) is 0 Å². The molecule has 3 aromatic rings. The molecule has 224 valence electrons. The highest BCUT2D eigenvalue weighted by Crippen LogP contribution is 2.27. The molecule has 42 heavy (non-hydrogen) atoms. The maximum absolute atomic E-state index is 13.3. The second kappa shape index (κ2) is 16.0. The fourth-order valence-electron chi connectivity index (χ4n) is 4.91. The van der Waals surface area contributed by atoms with Crippen molar-refractivity contribution in [2.24, 2.45) is 0 Å². The van der Waals surface area contributed by atoms with Gasteiger partial charge in [0.1, 0.15) is 0 Å². The summed E-state index contributed by atoms with van der Waals surface area (Å²) in [6.45, 7) is 5.27. The SMILES string of the molecule is CNC(=O)c1cccc(-c2ccc(C(CN3CCOCC3)NCC(=O)CN(CCOC)c3ccc(Cl)c(Cl)c3)cc2)c1. The van der Waals surface area contributed by atoms with Gasteiger partial charge in [-0.1, -0.05) is 59.6 Å². The number of carbonyl (C=O) groups excluding carboxylic acids is 2. The van der Waals surface area contributed by atoms with Gasteiger partial charge < -0.3 is 25.0 Å². The molecule has 1 aliphatic rings. The molecule has 1 fully saturated rings. The Bertz CT molecular complexity index is 1330. The number of Topliss-reactive ketones (excluding diaryl/α,β-unsaturated/α-hetero) is 1. The van der Waals surface area contributed by atoms with Gasteiger partial charge in [0, 0.05) is 57.6 Å². The van der Waals surface area contributed by atoms with E-state index in [1.54, 1.807) is 32.4 Å². The molecule has 0 aliphatic carbocycles. The third-order valence-corrected chi connectivity index (χ3v) is 8.03. The molecular weight excluding hydrogens is 575 g/mol. The Kier molecular flexibility index (Phi) is 12.2. The van der Waals surface area contributed by atoms with Crippen LogP contribution in [0.25, 0.3) is 11.1 Å². The molecule has 2 N–H and O–H groups in total. The van der Waals surface area contributed by atoms with E-state index in [1.165, 1.54) is 0 Å². The minimum absolute atomic E-state index is 0.0480. The number of benzene rings is 3. The average molecular weight is 614 g/mol. The molecule has 0 aromatic heterocycles. The van der Waals surface area contributed by atoms with Gasteiger partial charge >= 0.3 is 0 Å². The minimum atomic E-state index is -0.118. The fourth-order valence-corrected chi connectivity index (χ4v) is 5.20. The lowest BCUT2D eigenvalue weighted by atomic mass is 9.98. The number of carbonyl (C=O) groups is 2. The van der Waals surface area contributed by atoms with Gasteiger partial charge in [-0.2, -0.15) is 0 Å². The summed E-state index contributed by atoms with van der Waals surface area (Å²) in [7, 11) is 3.26. The van der Waals surface area contributed by atoms with E-state index >= 15 is 0 Å². The Morgan fingerprint density at radius 3 is 2.45 bits per heavy atom. The van der Waals surface area contributed by atoms with Crippen molar-refractivity contribution in [3.05, 3.63) is 87.9 Å². The summed E-state index contributed by atoms with van der Waals surface area (Å²) in [6.07, 6.45) is 0. The number of hydrogen-bond acceptors (Lipinski definition) is 7. The summed E-state index contributed by atoms with van der Waals surface area (Å²) >= 11 is 12.4. The zero-order chi connectivity index (χ0) is 29.9. The quantitative estimate of drug-likeness (QED) is 0.273. The molecular formula is C32H38Cl2N4O4. The lowest BCUT2D eigenvalue weighted by Gasteiger charge is -2.31. The second-order valence-corrected chi connectivity index (χ2v) is 11.0. The molecule has 8 nitrogen and oxygen atoms in total. The van der Waals surface area contributed by atoms with Crippen LogP contribution in [0, 0.1) is 0 Å². The van der Waals surface area contributed by atoms with Crippen LogP contribution in [-0.4, -0.2) is 89.8 Å². The predicted molar refractivity (Wildman–Crippen MR) is 169 cm³/mol. The van der Waals surface area contributed by atoms with Crippen molar-refractivity contribution in [2.75, 3.05) is 78.1 Å². The number of nitrogens with zero attached hydrogens (tertiary/aromatic N) is 2. The van der Waals surface area contributed by atoms with Crippen molar-refractivity contribution in [3.8, 4) is 11.1 Å². The van der Waals surface area contributed by atoms with Gasteiger partial charge in [-0.25, -0.2) is 0 Å². The lowest BCUT2D eigenvalue weighted by Crippen LogP contribution is -2.44. The average Bonchev–Trinajstić information content (AvgIpc) is 3.03. The largest absolute Gasteiger partial charge is 0.383 e. The van der Waals surface area contributed by atoms with E-state index in [9.17, 15) is 9.59 Å². The zero-order valence-corrected chi connectivity index (χ0v) is 25.6. The first-order chi connectivity index (χ1) is 20.4. The van der Waals surface area contributed by atoms with Crippen LogP contribution in [0.5, 0.6) is 0 Å². The number of ketones is 1. The van der Waals surface area contributed by atoms with Crippen molar-refractivity contribution in [1.82, 2.24) is 15.5 Å². The fraction of sp³-hybridized carbons (Fsp3) is 0.375. The first-order valence-corrected chi connectivity index (χ1v) is 14.8. The Hall–Kier alpha value is -2.98. The van der Waals surface area contributed by atoms with Crippen LogP contribution >= 0.6 is 23.2 Å². The highest BCUT2D eigenvalue weighted by atomic mass is 35.5. The number of halogens is 2. The second-order valence-electron chi connectivity index (χ2n) is 10.2. The zero-order valence-electron chi connectivity index (χ0n) is 24.1. The molecule has 0 bridgehead atoms. The Morgan fingerprint density at radius 2 is 1.76 bits per heavy atom. The molecule has 0 saturated carbocycles. The summed E-state index contributed by atoms with van der Waals surface area (Å²) < 4.78 is 10.8. The number of nitrogens with one attached hydrogen (secondary N) is 2. The van der Waals surface area contributed by atoms with Gasteiger partial charge in [0.15, 0.2) is 5.78 Å². The monoisotopic (exact) mass is 612 g/mol. The number of methoxy groups -OCH3 is 1. The van der Waals surface area contributed by atoms with Crippen LogP contribution < -0.4 is 15.5 Å². The molecule has 4 rings (SSSR count). The molecule has 1 atom stereocenters. The predicted octanol–water partition coefficient (Wildman–Crippen LogP) is 4.71. The Balaban J connectivity index is 1.47. The summed E-state index contributed by atoms with van der Waals surface area (Å²) in [5.74, 6) is -0.0698. The normalized spacial score (nSPS) is 14.4. The minimum Gasteiger partial charge on any atom is -0.383 e. The van der Waals surface area contributed by atoms with Gasteiger partial charge in [0.25, 0.3) is 5.91 Å². The molecule has 0 spiro atoms. The summed E-state index contributed by atoms with van der Waals surface area (Å²) in [5.41, 5.74) is 4.50. The molecule has 1 amide bonds. The number of anilines is 1. The van der Waals surface area contributed by atoms with Crippen LogP contribution in [0.2, 0.25) is 10.0 Å². The third-order valence-electron chi connectivity index (χ3n) is 7.29. The summed E-state index contributed by atoms with van der Waals surface area (Å²) in [5, 5.41) is 7.10. The molecule has 0 radical (unpaired) electrons. The topological polar surface area (TPSA) is 83.1 Å². The number of ether oxygens (including phenoxy) is 2. The molecule has 3 aromatic carbocycles. The highest BCUT2D eigenvalue weighted by Gasteiger charge is 2.20. The first-order valence-electron chi connectivity index (χ1n) is 14.0.